The average Bonchev–Trinajstić information content (AvgIpc) is 2.99. The van der Waals surface area contributed by atoms with Gasteiger partial charge in [-0.3, -0.25) is 9.79 Å². The molecule has 0 amide bonds. The van der Waals surface area contributed by atoms with Crippen LogP contribution in [-0.2, 0) is 11.2 Å². The molecule has 23 heavy (non-hydrogen) atoms. The highest BCUT2D eigenvalue weighted by molar-refractivity contribution is 6.14. The smallest absolute Gasteiger partial charge is 0.176 e. The van der Waals surface area contributed by atoms with E-state index in [4.69, 9.17) is 9.15 Å². The minimum atomic E-state index is -0.213. The van der Waals surface area contributed by atoms with Gasteiger partial charge in [0.15, 0.2) is 17.1 Å². The van der Waals surface area contributed by atoms with E-state index < -0.39 is 0 Å². The molecular weight excluding hydrogens is 294 g/mol. The van der Waals surface area contributed by atoms with Crippen molar-refractivity contribution in [3.63, 3.8) is 0 Å². The minimum absolute atomic E-state index is 0.0704. The molecule has 5 nitrogen and oxygen atoms in total. The Kier molecular flexibility index (Phi) is 2.91. The molecular formula is C18H15NO4. The fourth-order valence-corrected chi connectivity index (χ4v) is 3.22. The number of para-hydroxylation sites is 1. The van der Waals surface area contributed by atoms with Gasteiger partial charge in [0, 0.05) is 29.2 Å². The van der Waals surface area contributed by atoms with Crippen molar-refractivity contribution in [2.75, 3.05) is 7.11 Å². The third kappa shape index (κ3) is 1.93. The maximum atomic E-state index is 11.6. The quantitative estimate of drug-likeness (QED) is 0.924. The normalized spacial score (nSPS) is 19.4. The second-order valence-electron chi connectivity index (χ2n) is 5.70. The molecule has 1 aromatic carbocycles. The van der Waals surface area contributed by atoms with E-state index in [9.17, 15) is 9.90 Å². The number of aliphatic imine (C=N–C) groups is 1. The van der Waals surface area contributed by atoms with E-state index >= 15 is 0 Å². The van der Waals surface area contributed by atoms with Crippen LogP contribution >= 0.6 is 0 Å². The average molecular weight is 309 g/mol. The van der Waals surface area contributed by atoms with Gasteiger partial charge in [-0.15, -0.1) is 0 Å². The molecule has 1 aromatic heterocycles. The Morgan fingerprint density at radius 3 is 3.00 bits per heavy atom. The standard InChI is InChI=1S/C18H15NO4/c1-9(20)13-8-19-14-6-11-10-4-3-5-16(22-2)18(10)23-17(11)12(14)7-15(13)21/h3-5,7-8,14,21H,6H2,1-2H3. The molecule has 2 aromatic rings. The van der Waals surface area contributed by atoms with Crippen molar-refractivity contribution in [1.82, 2.24) is 0 Å². The van der Waals surface area contributed by atoms with Gasteiger partial charge in [0.1, 0.15) is 11.5 Å². The number of fused-ring (bicyclic) bond motifs is 5. The van der Waals surface area contributed by atoms with E-state index in [1.807, 2.05) is 18.2 Å². The van der Waals surface area contributed by atoms with Crippen molar-refractivity contribution in [1.29, 1.82) is 0 Å². The molecule has 0 fully saturated rings. The van der Waals surface area contributed by atoms with E-state index in [1.54, 1.807) is 13.2 Å². The Labute approximate surface area is 132 Å². The summed E-state index contributed by atoms with van der Waals surface area (Å²) < 4.78 is 11.4. The summed E-state index contributed by atoms with van der Waals surface area (Å²) in [4.78, 5) is 16.0. The SMILES string of the molecule is COc1cccc2c3c(oc12)C1=CC(O)=C(C(C)=O)C=NC1C3. The molecule has 4 rings (SSSR count). The zero-order valence-corrected chi connectivity index (χ0v) is 12.8. The number of methoxy groups -OCH3 is 1. The molecule has 2 heterocycles. The number of nitrogens with zero attached hydrogens (tertiary/aromatic N) is 1. The molecule has 1 atom stereocenters. The molecule has 1 aliphatic heterocycles. The monoisotopic (exact) mass is 309 g/mol. The maximum absolute atomic E-state index is 11.6. The first kappa shape index (κ1) is 13.8. The van der Waals surface area contributed by atoms with E-state index in [0.29, 0.717) is 23.5 Å². The third-order valence-electron chi connectivity index (χ3n) is 4.35. The molecule has 0 spiro atoms. The Balaban J connectivity index is 1.93. The lowest BCUT2D eigenvalue weighted by atomic mass is 10.1. The lowest BCUT2D eigenvalue weighted by Gasteiger charge is -2.05. The second-order valence-corrected chi connectivity index (χ2v) is 5.70. The maximum Gasteiger partial charge on any atom is 0.176 e. The zero-order valence-electron chi connectivity index (χ0n) is 12.8. The predicted octanol–water partition coefficient (Wildman–Crippen LogP) is 3.24. The van der Waals surface area contributed by atoms with Gasteiger partial charge in [0.2, 0.25) is 0 Å². The van der Waals surface area contributed by atoms with E-state index in [1.165, 1.54) is 13.1 Å². The van der Waals surface area contributed by atoms with Crippen LogP contribution in [0.25, 0.3) is 16.5 Å². The fourth-order valence-electron chi connectivity index (χ4n) is 3.22. The van der Waals surface area contributed by atoms with Crippen LogP contribution in [0.2, 0.25) is 0 Å². The Bertz CT molecular complexity index is 930. The van der Waals surface area contributed by atoms with Gasteiger partial charge in [-0.1, -0.05) is 12.1 Å². The molecule has 1 aliphatic carbocycles. The first-order valence-corrected chi connectivity index (χ1v) is 7.38. The molecule has 0 saturated heterocycles. The number of ketones is 1. The highest BCUT2D eigenvalue weighted by Gasteiger charge is 2.34. The summed E-state index contributed by atoms with van der Waals surface area (Å²) in [5.74, 6) is 1.10. The van der Waals surface area contributed by atoms with Crippen molar-refractivity contribution in [2.24, 2.45) is 4.99 Å². The van der Waals surface area contributed by atoms with Gasteiger partial charge < -0.3 is 14.3 Å². The summed E-state index contributed by atoms with van der Waals surface area (Å²) in [5, 5.41) is 11.2. The van der Waals surface area contributed by atoms with E-state index in [0.717, 1.165) is 16.5 Å². The van der Waals surface area contributed by atoms with Gasteiger partial charge in [-0.25, -0.2) is 0 Å². The number of aliphatic hydroxyl groups excluding tert-OH is 1. The number of ether oxygens (including phenoxy) is 1. The van der Waals surface area contributed by atoms with Crippen molar-refractivity contribution in [3.05, 3.63) is 46.9 Å². The largest absolute Gasteiger partial charge is 0.507 e. The molecule has 0 radical (unpaired) electrons. The van der Waals surface area contributed by atoms with Crippen LogP contribution in [0.15, 0.2) is 45.0 Å². The van der Waals surface area contributed by atoms with Crippen molar-refractivity contribution >= 4 is 28.5 Å². The first-order chi connectivity index (χ1) is 11.1. The van der Waals surface area contributed by atoms with E-state index in [2.05, 4.69) is 4.99 Å². The molecule has 2 aliphatic rings. The van der Waals surface area contributed by atoms with Gasteiger partial charge in [-0.05, 0) is 19.1 Å². The van der Waals surface area contributed by atoms with Crippen molar-refractivity contribution < 1.29 is 19.1 Å². The number of hydrogen-bond acceptors (Lipinski definition) is 5. The number of Topliss-reactive ketones (excluding diaryl/α,β-unsaturated/α-hetero) is 1. The summed E-state index contributed by atoms with van der Waals surface area (Å²) in [6, 6.07) is 5.63. The fraction of sp³-hybridized carbons (Fsp3) is 0.222. The molecule has 1 N–H and O–H groups in total. The summed E-state index contributed by atoms with van der Waals surface area (Å²) in [6.45, 7) is 1.41. The van der Waals surface area contributed by atoms with Crippen LogP contribution in [0.3, 0.4) is 0 Å². The summed E-state index contributed by atoms with van der Waals surface area (Å²) in [7, 11) is 1.61. The minimum Gasteiger partial charge on any atom is -0.507 e. The van der Waals surface area contributed by atoms with Crippen molar-refractivity contribution in [2.45, 2.75) is 19.4 Å². The summed E-state index contributed by atoms with van der Waals surface area (Å²) in [5.41, 5.74) is 2.78. The molecule has 5 heteroatoms. The van der Waals surface area contributed by atoms with Crippen LogP contribution in [0.5, 0.6) is 5.75 Å². The predicted molar refractivity (Wildman–Crippen MR) is 87.1 cm³/mol. The molecule has 116 valence electrons. The highest BCUT2D eigenvalue weighted by Crippen LogP contribution is 2.44. The topological polar surface area (TPSA) is 72.0 Å². The third-order valence-corrected chi connectivity index (χ3v) is 4.35. The number of rotatable bonds is 2. The van der Waals surface area contributed by atoms with Crippen LogP contribution in [-0.4, -0.2) is 30.3 Å². The number of carbonyl (C=O) groups is 1. The first-order valence-electron chi connectivity index (χ1n) is 7.38. The summed E-state index contributed by atoms with van der Waals surface area (Å²) in [6.07, 6.45) is 3.73. The van der Waals surface area contributed by atoms with Crippen LogP contribution < -0.4 is 4.74 Å². The number of benzene rings is 1. The lowest BCUT2D eigenvalue weighted by Crippen LogP contribution is -2.04. The molecule has 0 bridgehead atoms. The van der Waals surface area contributed by atoms with Gasteiger partial charge in [0.05, 0.1) is 18.7 Å². The molecule has 0 saturated carbocycles. The Morgan fingerprint density at radius 2 is 2.26 bits per heavy atom. The molecule has 1 unspecified atom stereocenters. The van der Waals surface area contributed by atoms with Crippen LogP contribution in [0.4, 0.5) is 0 Å². The van der Waals surface area contributed by atoms with Gasteiger partial charge >= 0.3 is 0 Å². The zero-order chi connectivity index (χ0) is 16.1. The van der Waals surface area contributed by atoms with Gasteiger partial charge in [-0.2, -0.15) is 0 Å². The highest BCUT2D eigenvalue weighted by atomic mass is 16.5. The number of carbonyl (C=O) groups excluding carboxylic acids is 1. The van der Waals surface area contributed by atoms with Crippen LogP contribution in [0, 0.1) is 0 Å². The number of furan rings is 1. The Morgan fingerprint density at radius 1 is 1.43 bits per heavy atom. The van der Waals surface area contributed by atoms with Crippen molar-refractivity contribution in [3.8, 4) is 5.75 Å². The lowest BCUT2D eigenvalue weighted by molar-refractivity contribution is -0.113. The number of allylic oxidation sites excluding steroid dienone is 2. The van der Waals surface area contributed by atoms with E-state index in [-0.39, 0.29) is 23.2 Å². The summed E-state index contributed by atoms with van der Waals surface area (Å²) >= 11 is 0. The number of hydrogen-bond donors (Lipinski definition) is 1. The number of aliphatic hydroxyl groups is 1. The second kappa shape index (κ2) is 4.84. The Hall–Kier alpha value is -2.82. The van der Waals surface area contributed by atoms with Gasteiger partial charge in [0.25, 0.3) is 0 Å². The van der Waals surface area contributed by atoms with Crippen LogP contribution in [0.1, 0.15) is 18.2 Å².